The average Bonchev–Trinajstić information content (AvgIpc) is 2.99. The van der Waals surface area contributed by atoms with E-state index >= 15 is 0 Å². The molecular weight excluding hydrogens is 421 g/mol. The van der Waals surface area contributed by atoms with Crippen LogP contribution < -0.4 is 20.3 Å². The molecule has 7 heteroatoms. The summed E-state index contributed by atoms with van der Waals surface area (Å²) >= 11 is 0. The van der Waals surface area contributed by atoms with Gasteiger partial charge in [-0.2, -0.15) is 0 Å². The second-order valence-electron chi connectivity index (χ2n) is 8.72. The van der Waals surface area contributed by atoms with Crippen LogP contribution in [0.3, 0.4) is 0 Å². The molecule has 3 aliphatic heterocycles. The van der Waals surface area contributed by atoms with Crippen molar-refractivity contribution in [2.45, 2.75) is 24.9 Å². The number of nitrogens with zero attached hydrogens (tertiary/aromatic N) is 1. The van der Waals surface area contributed by atoms with Crippen molar-refractivity contribution in [2.75, 3.05) is 23.3 Å². The minimum absolute atomic E-state index is 0.00191. The fourth-order valence-electron chi connectivity index (χ4n) is 5.18. The zero-order valence-electron chi connectivity index (χ0n) is 17.9. The topological polar surface area (TPSA) is 70.7 Å². The normalized spacial score (nSPS) is 18.0. The maximum atomic E-state index is 13.9. The van der Waals surface area contributed by atoms with E-state index in [0.717, 1.165) is 37.1 Å². The molecule has 1 fully saturated rings. The van der Waals surface area contributed by atoms with Gasteiger partial charge in [-0.1, -0.05) is 24.3 Å². The van der Waals surface area contributed by atoms with Crippen LogP contribution in [0.2, 0.25) is 0 Å². The van der Waals surface area contributed by atoms with E-state index in [4.69, 9.17) is 4.74 Å². The summed E-state index contributed by atoms with van der Waals surface area (Å²) in [6.07, 6.45) is 1.46. The van der Waals surface area contributed by atoms with Gasteiger partial charge >= 0.3 is 0 Å². The van der Waals surface area contributed by atoms with Crippen LogP contribution >= 0.6 is 0 Å². The molecule has 6 rings (SSSR count). The number of carbonyl (C=O) groups is 2. The number of hydrogen-bond donors (Lipinski definition) is 2. The van der Waals surface area contributed by atoms with E-state index in [1.807, 2.05) is 30.3 Å². The van der Waals surface area contributed by atoms with Crippen molar-refractivity contribution < 1.29 is 18.7 Å². The van der Waals surface area contributed by atoms with Gasteiger partial charge in [0.25, 0.3) is 5.91 Å². The number of ether oxygens (including phenoxy) is 1. The summed E-state index contributed by atoms with van der Waals surface area (Å²) in [4.78, 5) is 28.3. The van der Waals surface area contributed by atoms with Gasteiger partial charge in [0.15, 0.2) is 0 Å². The van der Waals surface area contributed by atoms with Crippen LogP contribution in [0.15, 0.2) is 60.7 Å². The molecule has 0 aliphatic carbocycles. The lowest BCUT2D eigenvalue weighted by Gasteiger charge is -2.32. The van der Waals surface area contributed by atoms with E-state index in [0.29, 0.717) is 28.4 Å². The van der Waals surface area contributed by atoms with Gasteiger partial charge in [0.1, 0.15) is 18.2 Å². The standard InChI is InChI=1S/C26H22FN3O3/c27-18-6-8-22-23(14-18)33-15-17-3-1-2-4-21(17)30(22)24(31)16-5-7-19-20(13-16)29-25(32)26(19)9-11-28-12-10-26/h1-8,13-14,28H,9-12,15H2,(H,29,32). The number of fused-ring (bicyclic) bond motifs is 4. The van der Waals surface area contributed by atoms with Crippen LogP contribution in [0.25, 0.3) is 0 Å². The number of anilines is 3. The maximum Gasteiger partial charge on any atom is 0.263 e. The molecule has 3 heterocycles. The molecule has 0 aromatic heterocycles. The number of rotatable bonds is 1. The SMILES string of the molecule is O=C(c1ccc2c(c1)NC(=O)C21CCNCC1)N1c2ccccc2COc2cc(F)ccc21. The molecule has 3 aromatic rings. The van der Waals surface area contributed by atoms with Gasteiger partial charge in [0, 0.05) is 22.9 Å². The summed E-state index contributed by atoms with van der Waals surface area (Å²) in [6.45, 7) is 1.80. The summed E-state index contributed by atoms with van der Waals surface area (Å²) in [5.74, 6) is -0.399. The molecular formula is C26H22FN3O3. The molecule has 1 spiro atoms. The van der Waals surface area contributed by atoms with Crippen molar-refractivity contribution in [3.05, 3.63) is 83.2 Å². The molecule has 2 N–H and O–H groups in total. The lowest BCUT2D eigenvalue weighted by atomic mass is 9.74. The second-order valence-corrected chi connectivity index (χ2v) is 8.72. The summed E-state index contributed by atoms with van der Waals surface area (Å²) in [5, 5.41) is 6.31. The minimum atomic E-state index is -0.532. The average molecular weight is 443 g/mol. The van der Waals surface area contributed by atoms with Gasteiger partial charge in [-0.05, 0) is 61.8 Å². The highest BCUT2D eigenvalue weighted by Crippen LogP contribution is 2.45. The molecule has 0 saturated carbocycles. The predicted octanol–water partition coefficient (Wildman–Crippen LogP) is 4.27. The number of amides is 2. The highest BCUT2D eigenvalue weighted by atomic mass is 19.1. The van der Waals surface area contributed by atoms with E-state index in [1.54, 1.807) is 23.1 Å². The maximum absolute atomic E-state index is 13.9. The predicted molar refractivity (Wildman–Crippen MR) is 122 cm³/mol. The third-order valence-electron chi connectivity index (χ3n) is 6.90. The number of para-hydroxylation sites is 1. The minimum Gasteiger partial charge on any atom is -0.487 e. The van der Waals surface area contributed by atoms with Crippen LogP contribution in [0.5, 0.6) is 5.75 Å². The van der Waals surface area contributed by atoms with Gasteiger partial charge < -0.3 is 15.4 Å². The molecule has 0 unspecified atom stereocenters. The molecule has 0 radical (unpaired) electrons. The van der Waals surface area contributed by atoms with Gasteiger partial charge in [0.05, 0.1) is 16.8 Å². The summed E-state index contributed by atoms with van der Waals surface area (Å²) < 4.78 is 19.8. The Morgan fingerprint density at radius 1 is 1.00 bits per heavy atom. The first-order valence-electron chi connectivity index (χ1n) is 11.1. The van der Waals surface area contributed by atoms with Crippen molar-refractivity contribution in [1.82, 2.24) is 5.32 Å². The van der Waals surface area contributed by atoms with E-state index < -0.39 is 11.2 Å². The first-order chi connectivity index (χ1) is 16.1. The Kier molecular flexibility index (Phi) is 4.48. The molecule has 0 bridgehead atoms. The Bertz CT molecular complexity index is 1300. The van der Waals surface area contributed by atoms with Crippen LogP contribution in [-0.4, -0.2) is 24.9 Å². The fourth-order valence-corrected chi connectivity index (χ4v) is 5.18. The monoisotopic (exact) mass is 443 g/mol. The molecule has 1 saturated heterocycles. The Labute approximate surface area is 190 Å². The van der Waals surface area contributed by atoms with Crippen molar-refractivity contribution in [2.24, 2.45) is 0 Å². The Hall–Kier alpha value is -3.71. The third kappa shape index (κ3) is 3.03. The van der Waals surface area contributed by atoms with Gasteiger partial charge in [-0.15, -0.1) is 0 Å². The van der Waals surface area contributed by atoms with Gasteiger partial charge in [-0.25, -0.2) is 4.39 Å². The molecule has 166 valence electrons. The van der Waals surface area contributed by atoms with Crippen molar-refractivity contribution in [3.8, 4) is 5.75 Å². The highest BCUT2D eigenvalue weighted by Gasteiger charge is 2.47. The number of piperidine rings is 1. The zero-order chi connectivity index (χ0) is 22.6. The lowest BCUT2D eigenvalue weighted by Crippen LogP contribution is -2.44. The van der Waals surface area contributed by atoms with E-state index in [2.05, 4.69) is 10.6 Å². The zero-order valence-corrected chi connectivity index (χ0v) is 17.9. The molecule has 6 nitrogen and oxygen atoms in total. The molecule has 33 heavy (non-hydrogen) atoms. The van der Waals surface area contributed by atoms with Crippen molar-refractivity contribution in [1.29, 1.82) is 0 Å². The lowest BCUT2D eigenvalue weighted by molar-refractivity contribution is -0.121. The third-order valence-corrected chi connectivity index (χ3v) is 6.90. The Morgan fingerprint density at radius 3 is 2.67 bits per heavy atom. The molecule has 0 atom stereocenters. The van der Waals surface area contributed by atoms with Crippen LogP contribution in [-0.2, 0) is 16.8 Å². The quantitative estimate of drug-likeness (QED) is 0.589. The number of benzene rings is 3. The van der Waals surface area contributed by atoms with E-state index in [1.165, 1.54) is 12.1 Å². The Morgan fingerprint density at radius 2 is 1.82 bits per heavy atom. The van der Waals surface area contributed by atoms with Crippen LogP contribution in [0.1, 0.15) is 34.3 Å². The fraction of sp³-hybridized carbons (Fsp3) is 0.231. The summed E-state index contributed by atoms with van der Waals surface area (Å²) in [7, 11) is 0. The summed E-state index contributed by atoms with van der Waals surface area (Å²) in [6, 6.07) is 17.1. The first kappa shape index (κ1) is 19.9. The number of carbonyl (C=O) groups excluding carboxylic acids is 2. The smallest absolute Gasteiger partial charge is 0.263 e. The number of hydrogen-bond acceptors (Lipinski definition) is 4. The van der Waals surface area contributed by atoms with Crippen LogP contribution in [0.4, 0.5) is 21.5 Å². The van der Waals surface area contributed by atoms with Crippen molar-refractivity contribution in [3.63, 3.8) is 0 Å². The second kappa shape index (κ2) is 7.42. The van der Waals surface area contributed by atoms with E-state index in [-0.39, 0.29) is 18.4 Å². The Balaban J connectivity index is 1.45. The number of nitrogens with one attached hydrogen (secondary N) is 2. The first-order valence-corrected chi connectivity index (χ1v) is 11.1. The highest BCUT2D eigenvalue weighted by molar-refractivity contribution is 6.14. The van der Waals surface area contributed by atoms with Crippen LogP contribution in [0, 0.1) is 5.82 Å². The molecule has 3 aliphatic rings. The summed E-state index contributed by atoms with van der Waals surface area (Å²) in [5.41, 5.74) is 3.53. The van der Waals surface area contributed by atoms with Crippen molar-refractivity contribution >= 4 is 28.9 Å². The largest absolute Gasteiger partial charge is 0.487 e. The molecule has 3 aromatic carbocycles. The van der Waals surface area contributed by atoms with E-state index in [9.17, 15) is 14.0 Å². The van der Waals surface area contributed by atoms with Gasteiger partial charge in [0.2, 0.25) is 5.91 Å². The number of halogens is 1. The van der Waals surface area contributed by atoms with Gasteiger partial charge in [-0.3, -0.25) is 14.5 Å². The molecule has 2 amide bonds.